The minimum Gasteiger partial charge on any atom is -0.212 e. The Morgan fingerprint density at radius 1 is 0.654 bits per heavy atom. The Morgan fingerprint density at radius 3 is 1.27 bits per heavy atom. The predicted octanol–water partition coefficient (Wildman–Crippen LogP) is 4.40. The third kappa shape index (κ3) is 6.19. The summed E-state index contributed by atoms with van der Waals surface area (Å²) in [6.07, 6.45) is 3.35. The van der Waals surface area contributed by atoms with E-state index < -0.39 is 17.7 Å². The lowest BCUT2D eigenvalue weighted by Crippen LogP contribution is -1.97. The lowest BCUT2D eigenvalue weighted by atomic mass is 10.2. The zero-order valence-corrected chi connectivity index (χ0v) is 17.7. The van der Waals surface area contributed by atoms with Crippen LogP contribution in [0.5, 0.6) is 0 Å². The molecule has 0 atom stereocenters. The SMILES string of the molecule is Cc1ccc(S(=O)(=O)SC/C=C\CSS(=O)(=O)c2ccc(C)cc2)cc1. The van der Waals surface area contributed by atoms with Crippen LogP contribution in [0.1, 0.15) is 11.1 Å². The van der Waals surface area contributed by atoms with Crippen molar-refractivity contribution >= 4 is 39.3 Å². The molecule has 2 aromatic rings. The molecule has 0 aliphatic heterocycles. The van der Waals surface area contributed by atoms with Gasteiger partial charge in [-0.3, -0.25) is 0 Å². The van der Waals surface area contributed by atoms with Crippen LogP contribution in [0.3, 0.4) is 0 Å². The Hall–Kier alpha value is -1.22. The van der Waals surface area contributed by atoms with E-state index in [0.717, 1.165) is 32.7 Å². The number of hydrogen-bond acceptors (Lipinski definition) is 6. The van der Waals surface area contributed by atoms with Crippen LogP contribution in [0.4, 0.5) is 0 Å². The topological polar surface area (TPSA) is 68.3 Å². The highest BCUT2D eigenvalue weighted by Crippen LogP contribution is 2.25. The molecule has 0 saturated carbocycles. The summed E-state index contributed by atoms with van der Waals surface area (Å²) in [6, 6.07) is 13.4. The van der Waals surface area contributed by atoms with Gasteiger partial charge in [0.05, 0.1) is 9.79 Å². The third-order valence-corrected chi connectivity index (χ3v) is 10.2. The molecule has 0 unspecified atom stereocenters. The molecular weight excluding hydrogens is 408 g/mol. The van der Waals surface area contributed by atoms with Crippen molar-refractivity contribution in [1.29, 1.82) is 0 Å². The van der Waals surface area contributed by atoms with E-state index >= 15 is 0 Å². The number of benzene rings is 2. The lowest BCUT2D eigenvalue weighted by Gasteiger charge is -2.03. The van der Waals surface area contributed by atoms with Crippen molar-refractivity contribution in [3.8, 4) is 0 Å². The smallest absolute Gasteiger partial charge is 0.212 e. The second kappa shape index (κ2) is 9.12. The summed E-state index contributed by atoms with van der Waals surface area (Å²) >= 11 is 0. The quantitative estimate of drug-likeness (QED) is 0.458. The van der Waals surface area contributed by atoms with E-state index in [1.54, 1.807) is 60.7 Å². The molecule has 0 spiro atoms. The number of aryl methyl sites for hydroxylation is 2. The van der Waals surface area contributed by atoms with E-state index in [0.29, 0.717) is 0 Å². The highest BCUT2D eigenvalue weighted by molar-refractivity contribution is 8.72. The second-order valence-corrected chi connectivity index (χ2v) is 13.5. The molecule has 2 aromatic carbocycles. The standard InChI is InChI=1S/C18H20O4S4/c1-15-5-9-17(10-6-15)25(19,20)23-13-3-4-14-24-26(21,22)18-11-7-16(2)8-12-18/h3-12H,13-14H2,1-2H3/b4-3-. The first kappa shape index (κ1) is 21.1. The largest absolute Gasteiger partial charge is 0.230 e. The van der Waals surface area contributed by atoms with Gasteiger partial charge in [0.1, 0.15) is 0 Å². The van der Waals surface area contributed by atoms with E-state index in [1.807, 2.05) is 13.8 Å². The summed E-state index contributed by atoms with van der Waals surface area (Å²) in [5, 5.41) is 0. The number of rotatable bonds is 8. The molecule has 0 aliphatic carbocycles. The first-order valence-electron chi connectivity index (χ1n) is 7.78. The fourth-order valence-corrected chi connectivity index (χ4v) is 6.97. The molecule has 0 saturated heterocycles. The van der Waals surface area contributed by atoms with E-state index in [2.05, 4.69) is 0 Å². The Bertz CT molecular complexity index is 877. The normalized spacial score (nSPS) is 12.5. The van der Waals surface area contributed by atoms with Crippen molar-refractivity contribution < 1.29 is 16.8 Å². The van der Waals surface area contributed by atoms with E-state index in [1.165, 1.54) is 0 Å². The van der Waals surface area contributed by atoms with Gasteiger partial charge in [-0.15, -0.1) is 0 Å². The van der Waals surface area contributed by atoms with Gasteiger partial charge in [-0.05, 0) is 59.7 Å². The van der Waals surface area contributed by atoms with Gasteiger partial charge in [0.25, 0.3) is 0 Å². The summed E-state index contributed by atoms with van der Waals surface area (Å²) in [5.41, 5.74) is 2.00. The molecule has 0 heterocycles. The van der Waals surface area contributed by atoms with Crippen LogP contribution in [-0.2, 0) is 17.7 Å². The summed E-state index contributed by atoms with van der Waals surface area (Å²) in [6.45, 7) is 3.79. The van der Waals surface area contributed by atoms with Gasteiger partial charge >= 0.3 is 0 Å². The Morgan fingerprint density at radius 2 is 0.962 bits per heavy atom. The van der Waals surface area contributed by atoms with Gasteiger partial charge in [0.15, 0.2) is 0 Å². The fraction of sp³-hybridized carbons (Fsp3) is 0.222. The fourth-order valence-electron chi connectivity index (χ4n) is 1.94. The van der Waals surface area contributed by atoms with Crippen molar-refractivity contribution in [2.75, 3.05) is 11.5 Å². The molecule has 4 nitrogen and oxygen atoms in total. The minimum atomic E-state index is -3.40. The Balaban J connectivity index is 1.84. The average Bonchev–Trinajstić information content (AvgIpc) is 2.58. The average molecular weight is 429 g/mol. The first-order valence-corrected chi connectivity index (χ1v) is 13.7. The van der Waals surface area contributed by atoms with Gasteiger partial charge in [-0.25, -0.2) is 16.8 Å². The summed E-state index contributed by atoms with van der Waals surface area (Å²) < 4.78 is 48.7. The molecule has 2 rings (SSSR count). The van der Waals surface area contributed by atoms with Crippen LogP contribution < -0.4 is 0 Å². The highest BCUT2D eigenvalue weighted by Gasteiger charge is 2.15. The molecule has 0 fully saturated rings. The summed E-state index contributed by atoms with van der Waals surface area (Å²) in [5.74, 6) is 0.530. The first-order chi connectivity index (χ1) is 12.2. The van der Waals surface area contributed by atoms with Crippen LogP contribution in [0.25, 0.3) is 0 Å². The van der Waals surface area contributed by atoms with Crippen LogP contribution in [-0.4, -0.2) is 28.3 Å². The monoisotopic (exact) mass is 428 g/mol. The molecule has 8 heteroatoms. The second-order valence-electron chi connectivity index (χ2n) is 5.57. The van der Waals surface area contributed by atoms with Crippen molar-refractivity contribution in [1.82, 2.24) is 0 Å². The van der Waals surface area contributed by atoms with Gasteiger partial charge < -0.3 is 0 Å². The molecule has 0 amide bonds. The molecular formula is C18H20O4S4. The Labute approximate surface area is 162 Å². The zero-order valence-electron chi connectivity index (χ0n) is 14.5. The summed E-state index contributed by atoms with van der Waals surface area (Å²) in [7, 11) is -5.16. The van der Waals surface area contributed by atoms with Crippen molar-refractivity contribution in [2.24, 2.45) is 0 Å². The Kier molecular flexibility index (Phi) is 7.40. The van der Waals surface area contributed by atoms with Crippen LogP contribution in [0.15, 0.2) is 70.5 Å². The maximum absolute atomic E-state index is 12.2. The van der Waals surface area contributed by atoms with E-state index in [9.17, 15) is 16.8 Å². The predicted molar refractivity (Wildman–Crippen MR) is 111 cm³/mol. The zero-order chi connectivity index (χ0) is 19.2. The maximum Gasteiger partial charge on any atom is 0.230 e. The van der Waals surface area contributed by atoms with Crippen LogP contribution >= 0.6 is 21.6 Å². The lowest BCUT2D eigenvalue weighted by molar-refractivity contribution is 0.609. The van der Waals surface area contributed by atoms with Crippen molar-refractivity contribution in [3.63, 3.8) is 0 Å². The molecule has 26 heavy (non-hydrogen) atoms. The number of hydrogen-bond donors (Lipinski definition) is 0. The van der Waals surface area contributed by atoms with Gasteiger partial charge in [-0.1, -0.05) is 47.5 Å². The molecule has 0 aliphatic rings. The summed E-state index contributed by atoms with van der Waals surface area (Å²) in [4.78, 5) is 0.552. The van der Waals surface area contributed by atoms with Crippen LogP contribution in [0.2, 0.25) is 0 Å². The third-order valence-electron chi connectivity index (χ3n) is 3.42. The van der Waals surface area contributed by atoms with Gasteiger partial charge in [0.2, 0.25) is 17.7 Å². The van der Waals surface area contributed by atoms with Gasteiger partial charge in [0, 0.05) is 11.5 Å². The van der Waals surface area contributed by atoms with Crippen molar-refractivity contribution in [3.05, 3.63) is 71.8 Å². The molecule has 0 bridgehead atoms. The minimum absolute atomic E-state index is 0.265. The molecule has 0 aromatic heterocycles. The van der Waals surface area contributed by atoms with Gasteiger partial charge in [-0.2, -0.15) is 0 Å². The van der Waals surface area contributed by atoms with Crippen LogP contribution in [0, 0.1) is 13.8 Å². The van der Waals surface area contributed by atoms with Crippen molar-refractivity contribution in [2.45, 2.75) is 23.6 Å². The molecule has 0 N–H and O–H groups in total. The van der Waals surface area contributed by atoms with E-state index in [4.69, 9.17) is 0 Å². The van der Waals surface area contributed by atoms with E-state index in [-0.39, 0.29) is 21.3 Å². The maximum atomic E-state index is 12.2. The molecule has 0 radical (unpaired) electrons. The highest BCUT2D eigenvalue weighted by atomic mass is 33.1. The molecule has 140 valence electrons.